The summed E-state index contributed by atoms with van der Waals surface area (Å²) in [5.41, 5.74) is 1.35. The Labute approximate surface area is 154 Å². The molecule has 0 saturated carbocycles. The summed E-state index contributed by atoms with van der Waals surface area (Å²) in [7, 11) is 0. The van der Waals surface area contributed by atoms with Crippen LogP contribution in [0.4, 0.5) is 0 Å². The van der Waals surface area contributed by atoms with E-state index in [4.69, 9.17) is 27.9 Å². The van der Waals surface area contributed by atoms with Gasteiger partial charge in [-0.05, 0) is 60.5 Å². The van der Waals surface area contributed by atoms with Gasteiger partial charge in [0.25, 0.3) is 0 Å². The molecule has 0 spiro atoms. The van der Waals surface area contributed by atoms with Crippen molar-refractivity contribution in [1.82, 2.24) is 0 Å². The van der Waals surface area contributed by atoms with E-state index in [0.717, 1.165) is 23.1 Å². The van der Waals surface area contributed by atoms with E-state index in [1.165, 1.54) is 6.08 Å². The molecule has 23 heavy (non-hydrogen) atoms. The van der Waals surface area contributed by atoms with Gasteiger partial charge in [-0.3, -0.25) is 4.79 Å². The molecule has 0 aliphatic heterocycles. The SMILES string of the molecule is O=C(/C=C/c1ccc(Cl)cc1Cl)c1ccc(OCCCBr)cc1. The number of carbonyl (C=O) groups excluding carboxylic acids is 1. The molecule has 0 heterocycles. The maximum atomic E-state index is 12.2. The number of rotatable bonds is 7. The van der Waals surface area contributed by atoms with Crippen molar-refractivity contribution >= 4 is 51.0 Å². The number of halogens is 3. The maximum absolute atomic E-state index is 12.2. The fourth-order valence-electron chi connectivity index (χ4n) is 1.86. The predicted molar refractivity (Wildman–Crippen MR) is 100 cm³/mol. The van der Waals surface area contributed by atoms with E-state index < -0.39 is 0 Å². The second-order valence-corrected chi connectivity index (χ2v) is 6.42. The Bertz CT molecular complexity index is 697. The second-order valence-electron chi connectivity index (χ2n) is 4.78. The lowest BCUT2D eigenvalue weighted by Crippen LogP contribution is -1.99. The molecule has 0 unspecified atom stereocenters. The van der Waals surface area contributed by atoms with Crippen LogP contribution in [-0.4, -0.2) is 17.7 Å². The minimum Gasteiger partial charge on any atom is -0.494 e. The van der Waals surface area contributed by atoms with Crippen LogP contribution in [0.25, 0.3) is 6.08 Å². The first-order chi connectivity index (χ1) is 11.1. The van der Waals surface area contributed by atoms with Gasteiger partial charge >= 0.3 is 0 Å². The van der Waals surface area contributed by atoms with E-state index in [9.17, 15) is 4.79 Å². The lowest BCUT2D eigenvalue weighted by Gasteiger charge is -2.05. The minimum atomic E-state index is -0.0944. The first kappa shape index (κ1) is 18.1. The van der Waals surface area contributed by atoms with E-state index in [1.54, 1.807) is 48.5 Å². The summed E-state index contributed by atoms with van der Waals surface area (Å²) in [4.78, 5) is 12.2. The lowest BCUT2D eigenvalue weighted by atomic mass is 10.1. The van der Waals surface area contributed by atoms with Crippen molar-refractivity contribution in [1.29, 1.82) is 0 Å². The molecule has 5 heteroatoms. The number of benzene rings is 2. The average molecular weight is 414 g/mol. The first-order valence-electron chi connectivity index (χ1n) is 7.06. The Balaban J connectivity index is 2.01. The molecular weight excluding hydrogens is 399 g/mol. The summed E-state index contributed by atoms with van der Waals surface area (Å²) in [5, 5.41) is 1.98. The molecule has 0 radical (unpaired) electrons. The van der Waals surface area contributed by atoms with Crippen LogP contribution in [0.2, 0.25) is 10.0 Å². The van der Waals surface area contributed by atoms with Gasteiger partial charge in [0.1, 0.15) is 5.75 Å². The van der Waals surface area contributed by atoms with Crippen LogP contribution in [0.3, 0.4) is 0 Å². The van der Waals surface area contributed by atoms with Crippen molar-refractivity contribution in [3.8, 4) is 5.75 Å². The zero-order valence-corrected chi connectivity index (χ0v) is 15.4. The van der Waals surface area contributed by atoms with Crippen LogP contribution in [-0.2, 0) is 0 Å². The van der Waals surface area contributed by atoms with Gasteiger partial charge in [0, 0.05) is 20.9 Å². The van der Waals surface area contributed by atoms with Gasteiger partial charge in [-0.2, -0.15) is 0 Å². The van der Waals surface area contributed by atoms with Gasteiger partial charge in [0.15, 0.2) is 5.78 Å². The third-order valence-electron chi connectivity index (χ3n) is 3.06. The number of carbonyl (C=O) groups is 1. The molecule has 0 bridgehead atoms. The molecule has 2 nitrogen and oxygen atoms in total. The summed E-state index contributed by atoms with van der Waals surface area (Å²) in [6.45, 7) is 0.646. The molecule has 0 aliphatic carbocycles. The normalized spacial score (nSPS) is 10.9. The highest BCUT2D eigenvalue weighted by Crippen LogP contribution is 2.22. The zero-order valence-electron chi connectivity index (χ0n) is 12.3. The molecular formula is C18H15BrCl2O2. The van der Waals surface area contributed by atoms with Crippen molar-refractivity contribution in [2.75, 3.05) is 11.9 Å². The monoisotopic (exact) mass is 412 g/mol. The molecule has 0 fully saturated rings. The van der Waals surface area contributed by atoms with Crippen molar-refractivity contribution in [3.05, 3.63) is 69.7 Å². The Kier molecular flexibility index (Phi) is 7.15. The number of allylic oxidation sites excluding steroid dienone is 1. The molecule has 2 aromatic carbocycles. The highest BCUT2D eigenvalue weighted by molar-refractivity contribution is 9.09. The van der Waals surface area contributed by atoms with E-state index in [0.29, 0.717) is 22.2 Å². The molecule has 2 rings (SSSR count). The predicted octanol–water partition coefficient (Wildman–Crippen LogP) is 6.05. The van der Waals surface area contributed by atoms with Crippen LogP contribution in [0, 0.1) is 0 Å². The molecule has 0 aromatic heterocycles. The van der Waals surface area contributed by atoms with Gasteiger partial charge < -0.3 is 4.74 Å². The van der Waals surface area contributed by atoms with Crippen molar-refractivity contribution < 1.29 is 9.53 Å². The summed E-state index contributed by atoms with van der Waals surface area (Å²) in [6.07, 6.45) is 4.11. The summed E-state index contributed by atoms with van der Waals surface area (Å²) < 4.78 is 5.55. The number of ether oxygens (including phenoxy) is 1. The molecule has 0 amide bonds. The Hall–Kier alpha value is -1.29. The van der Waals surface area contributed by atoms with E-state index in [1.807, 2.05) is 0 Å². The summed E-state index contributed by atoms with van der Waals surface area (Å²) in [5.74, 6) is 0.662. The third kappa shape index (κ3) is 5.69. The number of alkyl halides is 1. The fraction of sp³-hybridized carbons (Fsp3) is 0.167. The average Bonchev–Trinajstić information content (AvgIpc) is 2.55. The highest BCUT2D eigenvalue weighted by Gasteiger charge is 2.03. The molecule has 0 N–H and O–H groups in total. The molecule has 2 aromatic rings. The van der Waals surface area contributed by atoms with Crippen molar-refractivity contribution in [3.63, 3.8) is 0 Å². The second kappa shape index (κ2) is 9.11. The van der Waals surface area contributed by atoms with Gasteiger partial charge in [-0.25, -0.2) is 0 Å². The van der Waals surface area contributed by atoms with Crippen molar-refractivity contribution in [2.24, 2.45) is 0 Å². The number of hydrogen-bond donors (Lipinski definition) is 0. The van der Waals surface area contributed by atoms with Crippen LogP contribution in [0.15, 0.2) is 48.5 Å². The summed E-state index contributed by atoms with van der Waals surface area (Å²) in [6, 6.07) is 12.2. The van der Waals surface area contributed by atoms with Gasteiger partial charge in [0.2, 0.25) is 0 Å². The quantitative estimate of drug-likeness (QED) is 0.239. The highest BCUT2D eigenvalue weighted by atomic mass is 79.9. The zero-order chi connectivity index (χ0) is 16.7. The van der Waals surface area contributed by atoms with Gasteiger partial charge in [-0.1, -0.05) is 45.2 Å². The Morgan fingerprint density at radius 2 is 1.87 bits per heavy atom. The fourth-order valence-corrected chi connectivity index (χ4v) is 2.56. The van der Waals surface area contributed by atoms with E-state index >= 15 is 0 Å². The lowest BCUT2D eigenvalue weighted by molar-refractivity contribution is 0.104. The molecule has 0 saturated heterocycles. The molecule has 0 atom stereocenters. The number of ketones is 1. The van der Waals surface area contributed by atoms with Crippen LogP contribution < -0.4 is 4.74 Å². The first-order valence-corrected chi connectivity index (χ1v) is 8.94. The number of hydrogen-bond acceptors (Lipinski definition) is 2. The van der Waals surface area contributed by atoms with Gasteiger partial charge in [0.05, 0.1) is 6.61 Å². The van der Waals surface area contributed by atoms with Crippen LogP contribution in [0.1, 0.15) is 22.3 Å². The smallest absolute Gasteiger partial charge is 0.185 e. The molecule has 0 aliphatic rings. The standard InChI is InChI=1S/C18H15BrCl2O2/c19-10-1-11-23-16-7-3-14(4-8-16)18(22)9-5-13-2-6-15(20)12-17(13)21/h2-9,12H,1,10-11H2/b9-5+. The largest absolute Gasteiger partial charge is 0.494 e. The van der Waals surface area contributed by atoms with Crippen LogP contribution in [0.5, 0.6) is 5.75 Å². The minimum absolute atomic E-state index is 0.0944. The van der Waals surface area contributed by atoms with Gasteiger partial charge in [-0.15, -0.1) is 0 Å². The Morgan fingerprint density at radius 1 is 1.13 bits per heavy atom. The molecule has 120 valence electrons. The topological polar surface area (TPSA) is 26.3 Å². The van der Waals surface area contributed by atoms with E-state index in [2.05, 4.69) is 15.9 Å². The Morgan fingerprint density at radius 3 is 2.52 bits per heavy atom. The van der Waals surface area contributed by atoms with Crippen LogP contribution >= 0.6 is 39.1 Å². The van der Waals surface area contributed by atoms with Crippen molar-refractivity contribution in [2.45, 2.75) is 6.42 Å². The summed E-state index contributed by atoms with van der Waals surface area (Å²) >= 11 is 15.3. The maximum Gasteiger partial charge on any atom is 0.185 e. The third-order valence-corrected chi connectivity index (χ3v) is 4.19. The van der Waals surface area contributed by atoms with E-state index in [-0.39, 0.29) is 5.78 Å².